The average molecular weight is 713 g/mol. The zero-order valence-corrected chi connectivity index (χ0v) is 32.2. The number of rotatable bonds is 12. The van der Waals surface area contributed by atoms with Crippen LogP contribution in [0.15, 0.2) is 36.4 Å². The van der Waals surface area contributed by atoms with Gasteiger partial charge in [-0.2, -0.15) is 0 Å². The molecular weight excluding hydrogens is 649 g/mol. The molecule has 0 amide bonds. The number of esters is 2. The third kappa shape index (κ3) is 9.14. The van der Waals surface area contributed by atoms with Gasteiger partial charge >= 0.3 is 11.9 Å². The predicted molar refractivity (Wildman–Crippen MR) is 205 cm³/mol. The Hall–Kier alpha value is -2.70. The number of hydrogen-bond donors (Lipinski definition) is 0. The Kier molecular flexibility index (Phi) is 12.4. The SMILES string of the molecule is CCOCCC[C@@H]1CCc2cc([C@H]3CC[C@]4(COC(=O)C4)C3)ccc2C1.CCOCCC[C@H]1CCc2cc([C@H]3CC[C@]4(COC(=O)C4)C3)ccc2C1. The topological polar surface area (TPSA) is 71.1 Å². The smallest absolute Gasteiger partial charge is 0.306 e. The Balaban J connectivity index is 0.000000162. The average Bonchev–Trinajstić information content (AvgIpc) is 3.96. The van der Waals surface area contributed by atoms with Crippen molar-refractivity contribution in [3.8, 4) is 0 Å². The zero-order chi connectivity index (χ0) is 36.0. The van der Waals surface area contributed by atoms with Crippen LogP contribution in [0.4, 0.5) is 0 Å². The Morgan fingerprint density at radius 1 is 0.635 bits per heavy atom. The van der Waals surface area contributed by atoms with Crippen LogP contribution in [0.5, 0.6) is 0 Å². The molecule has 2 aromatic carbocycles. The van der Waals surface area contributed by atoms with Crippen molar-refractivity contribution in [2.24, 2.45) is 22.7 Å². The van der Waals surface area contributed by atoms with Crippen molar-refractivity contribution < 1.29 is 28.5 Å². The molecule has 6 nitrogen and oxygen atoms in total. The van der Waals surface area contributed by atoms with E-state index in [1.165, 1.54) is 88.2 Å². The summed E-state index contributed by atoms with van der Waals surface area (Å²) in [5, 5.41) is 0. The standard InChI is InChI=1S/2C23H32O3/c2*1-2-25-11-3-4-17-5-6-19-13-20(8-7-18(19)12-17)21-9-10-23(14-21)15-22(24)26-16-23/h2*7-8,13,17,21H,2-6,9-12,14-16H2,1H3/t17-,21+,23+;17-,21-,23-/m10/s1. The molecule has 0 bridgehead atoms. The summed E-state index contributed by atoms with van der Waals surface area (Å²) < 4.78 is 21.5. The van der Waals surface area contributed by atoms with Crippen LogP contribution in [0.3, 0.4) is 0 Å². The Morgan fingerprint density at radius 2 is 1.10 bits per heavy atom. The first kappa shape index (κ1) is 37.6. The van der Waals surface area contributed by atoms with E-state index in [2.05, 4.69) is 50.2 Å². The van der Waals surface area contributed by atoms with E-state index in [0.29, 0.717) is 37.9 Å². The summed E-state index contributed by atoms with van der Waals surface area (Å²) in [7, 11) is 0. The number of benzene rings is 2. The maximum atomic E-state index is 11.6. The normalized spacial score (nSPS) is 30.6. The molecule has 52 heavy (non-hydrogen) atoms. The fourth-order valence-electron chi connectivity index (χ4n) is 10.8. The van der Waals surface area contributed by atoms with Crippen molar-refractivity contribution in [3.63, 3.8) is 0 Å². The first-order valence-electron chi connectivity index (χ1n) is 21.0. The van der Waals surface area contributed by atoms with Crippen molar-refractivity contribution in [2.45, 2.75) is 141 Å². The molecule has 2 spiro atoms. The second kappa shape index (κ2) is 17.2. The van der Waals surface area contributed by atoms with E-state index in [9.17, 15) is 9.59 Å². The lowest BCUT2D eigenvalue weighted by Gasteiger charge is -2.26. The molecule has 6 atom stereocenters. The van der Waals surface area contributed by atoms with Gasteiger partial charge < -0.3 is 18.9 Å². The molecule has 2 saturated heterocycles. The minimum absolute atomic E-state index is 0.00599. The second-order valence-electron chi connectivity index (χ2n) is 17.5. The lowest BCUT2D eigenvalue weighted by Crippen LogP contribution is -2.17. The van der Waals surface area contributed by atoms with Gasteiger partial charge in [-0.3, -0.25) is 9.59 Å². The maximum absolute atomic E-state index is 11.6. The highest BCUT2D eigenvalue weighted by molar-refractivity contribution is 5.73. The maximum Gasteiger partial charge on any atom is 0.306 e. The summed E-state index contributed by atoms with van der Waals surface area (Å²) in [6.45, 7) is 8.92. The number of hydrogen-bond acceptors (Lipinski definition) is 6. The predicted octanol–water partition coefficient (Wildman–Crippen LogP) is 9.62. The van der Waals surface area contributed by atoms with Crippen LogP contribution in [0.2, 0.25) is 0 Å². The van der Waals surface area contributed by atoms with E-state index in [1.807, 2.05) is 0 Å². The molecule has 0 unspecified atom stereocenters. The second-order valence-corrected chi connectivity index (χ2v) is 17.5. The Bertz CT molecular complexity index is 1420. The summed E-state index contributed by atoms with van der Waals surface area (Å²) in [6.07, 6.45) is 20.7. The van der Waals surface area contributed by atoms with Crippen LogP contribution < -0.4 is 0 Å². The quantitative estimate of drug-likeness (QED) is 0.161. The highest BCUT2D eigenvalue weighted by Gasteiger charge is 2.47. The van der Waals surface area contributed by atoms with Crippen molar-refractivity contribution >= 4 is 11.9 Å². The summed E-state index contributed by atoms with van der Waals surface area (Å²) in [5.74, 6) is 2.88. The van der Waals surface area contributed by atoms with E-state index in [1.54, 1.807) is 22.3 Å². The molecule has 6 aliphatic rings. The molecule has 6 heteroatoms. The van der Waals surface area contributed by atoms with Gasteiger partial charge in [0.25, 0.3) is 0 Å². The molecular formula is C46H64O6. The molecule has 4 aliphatic carbocycles. The highest BCUT2D eigenvalue weighted by atomic mass is 16.5. The molecule has 0 aromatic heterocycles. The molecule has 284 valence electrons. The molecule has 2 aliphatic heterocycles. The van der Waals surface area contributed by atoms with E-state index < -0.39 is 0 Å². The largest absolute Gasteiger partial charge is 0.465 e. The lowest BCUT2D eigenvalue weighted by atomic mass is 9.79. The third-order valence-electron chi connectivity index (χ3n) is 13.8. The van der Waals surface area contributed by atoms with Crippen molar-refractivity contribution in [2.75, 3.05) is 39.6 Å². The number of carbonyl (C=O) groups excluding carboxylic acids is 2. The molecule has 0 N–H and O–H groups in total. The van der Waals surface area contributed by atoms with Crippen molar-refractivity contribution in [1.82, 2.24) is 0 Å². The van der Waals surface area contributed by atoms with E-state index >= 15 is 0 Å². The Morgan fingerprint density at radius 3 is 1.50 bits per heavy atom. The molecule has 2 saturated carbocycles. The fourth-order valence-corrected chi connectivity index (χ4v) is 10.8. The minimum atomic E-state index is 0.00599. The lowest BCUT2D eigenvalue weighted by molar-refractivity contribution is -0.138. The van der Waals surface area contributed by atoms with Crippen molar-refractivity contribution in [3.05, 3.63) is 69.8 Å². The van der Waals surface area contributed by atoms with Crippen LogP contribution in [0, 0.1) is 22.7 Å². The first-order valence-corrected chi connectivity index (χ1v) is 21.0. The minimum Gasteiger partial charge on any atom is -0.465 e. The first-order chi connectivity index (χ1) is 25.3. The summed E-state index contributed by atoms with van der Waals surface area (Å²) >= 11 is 0. The monoisotopic (exact) mass is 712 g/mol. The summed E-state index contributed by atoms with van der Waals surface area (Å²) in [4.78, 5) is 23.1. The van der Waals surface area contributed by atoms with Crippen LogP contribution in [0.1, 0.15) is 149 Å². The van der Waals surface area contributed by atoms with E-state index in [-0.39, 0.29) is 22.8 Å². The van der Waals surface area contributed by atoms with Gasteiger partial charge in [0.1, 0.15) is 0 Å². The van der Waals surface area contributed by atoms with Gasteiger partial charge in [0.15, 0.2) is 0 Å². The Labute approximate surface area is 313 Å². The van der Waals surface area contributed by atoms with Gasteiger partial charge in [0.05, 0.1) is 26.1 Å². The van der Waals surface area contributed by atoms with Gasteiger partial charge in [0.2, 0.25) is 0 Å². The van der Waals surface area contributed by atoms with Crippen LogP contribution in [-0.2, 0) is 54.2 Å². The summed E-state index contributed by atoms with van der Waals surface area (Å²) in [6, 6.07) is 14.5. The zero-order valence-electron chi connectivity index (χ0n) is 32.2. The number of ether oxygens (including phenoxy) is 4. The molecule has 8 rings (SSSR count). The van der Waals surface area contributed by atoms with Crippen molar-refractivity contribution in [1.29, 1.82) is 0 Å². The number of aryl methyl sites for hydroxylation is 2. The van der Waals surface area contributed by atoms with Gasteiger partial charge in [-0.1, -0.05) is 36.4 Å². The van der Waals surface area contributed by atoms with Gasteiger partial charge in [-0.15, -0.1) is 0 Å². The van der Waals surface area contributed by atoms with Crippen LogP contribution in [0.25, 0.3) is 0 Å². The van der Waals surface area contributed by atoms with Gasteiger partial charge in [0, 0.05) is 37.3 Å². The van der Waals surface area contributed by atoms with E-state index in [0.717, 1.165) is 63.9 Å². The van der Waals surface area contributed by atoms with Crippen LogP contribution in [-0.4, -0.2) is 51.6 Å². The molecule has 0 radical (unpaired) electrons. The molecule has 2 heterocycles. The molecule has 4 fully saturated rings. The van der Waals surface area contributed by atoms with Gasteiger partial charge in [-0.25, -0.2) is 0 Å². The van der Waals surface area contributed by atoms with E-state index in [4.69, 9.17) is 18.9 Å². The third-order valence-corrected chi connectivity index (χ3v) is 13.8. The van der Waals surface area contributed by atoms with Crippen LogP contribution >= 0.6 is 0 Å². The summed E-state index contributed by atoms with van der Waals surface area (Å²) in [5.41, 5.74) is 9.55. The highest BCUT2D eigenvalue weighted by Crippen LogP contribution is 2.53. The number of cyclic esters (lactones) is 2. The number of fused-ring (bicyclic) bond motifs is 2. The van der Waals surface area contributed by atoms with Gasteiger partial charge in [-0.05, 0) is 174 Å². The molecule has 2 aromatic rings. The number of carbonyl (C=O) groups is 2. The fraction of sp³-hybridized carbons (Fsp3) is 0.696.